The number of hydrogen-bond donors (Lipinski definition) is 0. The molecule has 0 heterocycles. The van der Waals surface area contributed by atoms with Crippen LogP contribution in [0.15, 0.2) is 83.8 Å². The fourth-order valence-corrected chi connectivity index (χ4v) is 6.48. The van der Waals surface area contributed by atoms with Crippen molar-refractivity contribution >= 4 is 49.1 Å². The second-order valence-electron chi connectivity index (χ2n) is 5.99. The molecule has 0 saturated carbocycles. The molecule has 5 heteroatoms. The SMILES string of the molecule is Cc1ccc(SCCP(c2ccccc2)c2ccccc2)c(C)c1.[Cl][Pt][Cl]. The molecule has 3 aromatic rings. The molecular formula is C22H23Cl2PPtS. The van der Waals surface area contributed by atoms with E-state index >= 15 is 0 Å². The van der Waals surface area contributed by atoms with Crippen molar-refractivity contribution in [2.45, 2.75) is 18.7 Å². The van der Waals surface area contributed by atoms with Gasteiger partial charge in [0, 0.05) is 10.6 Å². The third kappa shape index (κ3) is 7.92. The van der Waals surface area contributed by atoms with Gasteiger partial charge in [-0.05, 0) is 50.2 Å². The summed E-state index contributed by atoms with van der Waals surface area (Å²) in [6.45, 7) is 4.37. The van der Waals surface area contributed by atoms with Gasteiger partial charge in [0.1, 0.15) is 0 Å². The number of benzene rings is 3. The van der Waals surface area contributed by atoms with E-state index in [9.17, 15) is 0 Å². The van der Waals surface area contributed by atoms with E-state index in [2.05, 4.69) is 92.7 Å². The van der Waals surface area contributed by atoms with E-state index < -0.39 is 16.5 Å². The summed E-state index contributed by atoms with van der Waals surface area (Å²) in [5.74, 6) is 1.15. The van der Waals surface area contributed by atoms with E-state index in [0.29, 0.717) is 0 Å². The predicted octanol–water partition coefficient (Wildman–Crippen LogP) is 6.90. The quantitative estimate of drug-likeness (QED) is 0.215. The molecule has 0 nitrogen and oxygen atoms in total. The van der Waals surface area contributed by atoms with Crippen molar-refractivity contribution in [3.05, 3.63) is 90.0 Å². The summed E-state index contributed by atoms with van der Waals surface area (Å²) in [5.41, 5.74) is 2.73. The van der Waals surface area contributed by atoms with Gasteiger partial charge in [0.2, 0.25) is 0 Å². The Kier molecular flexibility index (Phi) is 11.1. The van der Waals surface area contributed by atoms with Crippen molar-refractivity contribution in [3.8, 4) is 0 Å². The average molecular weight is 616 g/mol. The molecule has 0 aliphatic heterocycles. The molecule has 0 amide bonds. The fraction of sp³-hybridized carbons (Fsp3) is 0.182. The average Bonchev–Trinajstić information content (AvgIpc) is 2.69. The van der Waals surface area contributed by atoms with Crippen molar-refractivity contribution in [2.75, 3.05) is 11.9 Å². The number of thioether (sulfide) groups is 1. The van der Waals surface area contributed by atoms with Gasteiger partial charge in [-0.3, -0.25) is 0 Å². The molecule has 27 heavy (non-hydrogen) atoms. The first kappa shape index (κ1) is 23.0. The van der Waals surface area contributed by atoms with Gasteiger partial charge in [0.05, 0.1) is 0 Å². The summed E-state index contributed by atoms with van der Waals surface area (Å²) in [6.07, 6.45) is 1.21. The number of hydrogen-bond acceptors (Lipinski definition) is 1. The van der Waals surface area contributed by atoms with Gasteiger partial charge in [0.25, 0.3) is 0 Å². The molecule has 0 bridgehead atoms. The Balaban J connectivity index is 0.000000817. The molecule has 0 saturated heterocycles. The Morgan fingerprint density at radius 1 is 0.815 bits per heavy atom. The molecule has 0 aliphatic rings. The Bertz CT molecular complexity index is 760. The molecule has 0 N–H and O–H groups in total. The topological polar surface area (TPSA) is 0 Å². The van der Waals surface area contributed by atoms with Crippen LogP contribution in [0.5, 0.6) is 0 Å². The van der Waals surface area contributed by atoms with Crippen LogP contribution in [0, 0.1) is 13.8 Å². The van der Waals surface area contributed by atoms with E-state index in [0.717, 1.165) is 5.75 Å². The van der Waals surface area contributed by atoms with Gasteiger partial charge in [-0.2, -0.15) is 0 Å². The van der Waals surface area contributed by atoms with E-state index in [1.807, 2.05) is 11.8 Å². The van der Waals surface area contributed by atoms with E-state index in [1.54, 1.807) is 0 Å². The first-order chi connectivity index (χ1) is 13.2. The monoisotopic (exact) mass is 615 g/mol. The molecular weight excluding hydrogens is 593 g/mol. The Morgan fingerprint density at radius 3 is 1.81 bits per heavy atom. The molecule has 0 radical (unpaired) electrons. The summed E-state index contributed by atoms with van der Waals surface area (Å²) >= 11 is 1.52. The van der Waals surface area contributed by atoms with Crippen LogP contribution in [0.25, 0.3) is 0 Å². The maximum atomic E-state index is 4.88. The van der Waals surface area contributed by atoms with Gasteiger partial charge >= 0.3 is 35.3 Å². The normalized spacial score (nSPS) is 10.6. The third-order valence-electron chi connectivity index (χ3n) is 4.04. The van der Waals surface area contributed by atoms with Crippen LogP contribution in [0.1, 0.15) is 11.1 Å². The number of halogens is 2. The van der Waals surface area contributed by atoms with Gasteiger partial charge in [-0.15, -0.1) is 11.8 Å². The molecule has 3 aromatic carbocycles. The summed E-state index contributed by atoms with van der Waals surface area (Å²) in [7, 11) is 9.47. The van der Waals surface area contributed by atoms with Crippen molar-refractivity contribution in [1.29, 1.82) is 0 Å². The Morgan fingerprint density at radius 2 is 1.33 bits per heavy atom. The zero-order valence-electron chi connectivity index (χ0n) is 15.3. The van der Waals surface area contributed by atoms with Gasteiger partial charge in [-0.25, -0.2) is 0 Å². The van der Waals surface area contributed by atoms with Crippen molar-refractivity contribution in [2.24, 2.45) is 0 Å². The molecule has 0 spiro atoms. The predicted molar refractivity (Wildman–Crippen MR) is 122 cm³/mol. The first-order valence-electron chi connectivity index (χ1n) is 8.55. The van der Waals surface area contributed by atoms with Crippen LogP contribution in [0.2, 0.25) is 0 Å². The van der Waals surface area contributed by atoms with Crippen LogP contribution in [-0.4, -0.2) is 11.9 Å². The first-order valence-corrected chi connectivity index (χ1v) is 16.7. The van der Waals surface area contributed by atoms with Crippen molar-refractivity contribution in [1.82, 2.24) is 0 Å². The van der Waals surface area contributed by atoms with Crippen molar-refractivity contribution in [3.63, 3.8) is 0 Å². The van der Waals surface area contributed by atoms with E-state index in [4.69, 9.17) is 18.8 Å². The second-order valence-corrected chi connectivity index (χ2v) is 12.7. The minimum absolute atomic E-state index is 0.284. The Labute approximate surface area is 185 Å². The summed E-state index contributed by atoms with van der Waals surface area (Å²) in [6, 6.07) is 28.7. The minimum atomic E-state index is -0.472. The summed E-state index contributed by atoms with van der Waals surface area (Å²) < 4.78 is 0. The van der Waals surface area contributed by atoms with Crippen LogP contribution in [0.3, 0.4) is 0 Å². The van der Waals surface area contributed by atoms with Crippen LogP contribution in [0.4, 0.5) is 0 Å². The second kappa shape index (κ2) is 13.0. The standard InChI is InChI=1S/C22H23PS.2ClH.Pt/c1-18-13-14-22(19(2)17-18)24-16-15-23(20-9-5-3-6-10-20)21-11-7-4-8-12-21;;;/h3-14,17H,15-16H2,1-2H3;2*1H;/q;;;+2/p-2. The Hall–Kier alpha value is -0.292. The molecule has 0 fully saturated rings. The number of aryl methyl sites for hydroxylation is 2. The van der Waals surface area contributed by atoms with Crippen LogP contribution >= 0.6 is 38.5 Å². The molecule has 146 valence electrons. The number of rotatable bonds is 6. The molecule has 0 unspecified atom stereocenters. The van der Waals surface area contributed by atoms with Crippen molar-refractivity contribution < 1.29 is 16.5 Å². The van der Waals surface area contributed by atoms with E-state index in [-0.39, 0.29) is 7.92 Å². The summed E-state index contributed by atoms with van der Waals surface area (Å²) in [4.78, 5) is 1.41. The van der Waals surface area contributed by atoms with Crippen LogP contribution in [-0.2, 0) is 16.5 Å². The maximum absolute atomic E-state index is 4.88. The van der Waals surface area contributed by atoms with E-state index in [1.165, 1.54) is 32.8 Å². The summed E-state index contributed by atoms with van der Waals surface area (Å²) in [5, 5.41) is 2.94. The van der Waals surface area contributed by atoms with Gasteiger partial charge in [0.15, 0.2) is 0 Å². The molecule has 3 rings (SSSR count). The fourth-order valence-electron chi connectivity index (χ4n) is 2.83. The van der Waals surface area contributed by atoms with Gasteiger partial charge < -0.3 is 0 Å². The molecule has 0 aliphatic carbocycles. The zero-order chi connectivity index (χ0) is 19.5. The third-order valence-corrected chi connectivity index (χ3v) is 8.03. The zero-order valence-corrected chi connectivity index (χ0v) is 20.8. The van der Waals surface area contributed by atoms with Gasteiger partial charge in [-0.1, -0.05) is 78.4 Å². The molecule has 0 atom stereocenters. The van der Waals surface area contributed by atoms with Crippen LogP contribution < -0.4 is 10.6 Å². The molecule has 0 aromatic heterocycles.